The van der Waals surface area contributed by atoms with E-state index < -0.39 is 0 Å². The first-order valence-electron chi connectivity index (χ1n) is 1.98. The van der Waals surface area contributed by atoms with Crippen molar-refractivity contribution in [3.63, 3.8) is 0 Å². The molecule has 0 N–H and O–H groups in total. The molecule has 0 radical (unpaired) electrons. The Bertz CT molecular complexity index is 72.1. The Kier molecular flexibility index (Phi) is 3.89. The molecule has 0 fully saturated rings. The highest BCUT2D eigenvalue weighted by Gasteiger charge is 1.80. The van der Waals surface area contributed by atoms with Gasteiger partial charge in [-0.15, -0.1) is 0 Å². The SMILES string of the molecule is CO/N=C(\C)CS. The number of thiol groups is 1. The molecule has 0 bridgehead atoms. The third kappa shape index (κ3) is 3.66. The average Bonchev–Trinajstić information content (AvgIpc) is 1.68. The fourth-order valence-corrected chi connectivity index (χ4v) is 0.242. The summed E-state index contributed by atoms with van der Waals surface area (Å²) in [5.41, 5.74) is 0.894. The van der Waals surface area contributed by atoms with Crippen molar-refractivity contribution >= 4 is 18.3 Å². The number of hydrogen-bond acceptors (Lipinski definition) is 3. The van der Waals surface area contributed by atoms with Gasteiger partial charge in [-0.1, -0.05) is 5.16 Å². The van der Waals surface area contributed by atoms with Crippen LogP contribution in [0.2, 0.25) is 0 Å². The third-order valence-corrected chi connectivity index (χ3v) is 0.934. The molecule has 0 aromatic carbocycles. The predicted octanol–water partition coefficient (Wildman–Crippen LogP) is 0.939. The second-order valence-corrected chi connectivity index (χ2v) is 1.48. The summed E-state index contributed by atoms with van der Waals surface area (Å²) in [5.74, 6) is 0.661. The van der Waals surface area contributed by atoms with E-state index in [2.05, 4.69) is 22.6 Å². The lowest BCUT2D eigenvalue weighted by Gasteiger charge is -1.88. The Morgan fingerprint density at radius 3 is 2.57 bits per heavy atom. The molecule has 2 nitrogen and oxygen atoms in total. The molecule has 3 heteroatoms. The molecule has 0 spiro atoms. The monoisotopic (exact) mass is 119 g/mol. The first-order chi connectivity index (χ1) is 3.31. The Morgan fingerprint density at radius 1 is 1.86 bits per heavy atom. The fraction of sp³-hybridized carbons (Fsp3) is 0.750. The van der Waals surface area contributed by atoms with Crippen molar-refractivity contribution in [3.05, 3.63) is 0 Å². The molecule has 0 atom stereocenters. The quantitative estimate of drug-likeness (QED) is 0.326. The van der Waals surface area contributed by atoms with E-state index in [-0.39, 0.29) is 0 Å². The highest BCUT2D eigenvalue weighted by molar-refractivity contribution is 7.81. The number of oxime groups is 1. The molecule has 0 aromatic heterocycles. The molecule has 42 valence electrons. The smallest absolute Gasteiger partial charge is 0.106 e. The minimum absolute atomic E-state index is 0.661. The van der Waals surface area contributed by atoms with Crippen molar-refractivity contribution in [3.8, 4) is 0 Å². The van der Waals surface area contributed by atoms with Crippen molar-refractivity contribution in [1.82, 2.24) is 0 Å². The van der Waals surface area contributed by atoms with E-state index in [4.69, 9.17) is 0 Å². The predicted molar refractivity (Wildman–Crippen MR) is 34.0 cm³/mol. The van der Waals surface area contributed by atoms with E-state index in [9.17, 15) is 0 Å². The summed E-state index contributed by atoms with van der Waals surface area (Å²) < 4.78 is 0. The lowest BCUT2D eigenvalue weighted by molar-refractivity contribution is 0.213. The van der Waals surface area contributed by atoms with E-state index in [1.807, 2.05) is 6.92 Å². The van der Waals surface area contributed by atoms with Gasteiger partial charge in [-0.2, -0.15) is 12.6 Å². The summed E-state index contributed by atoms with van der Waals surface area (Å²) >= 11 is 3.94. The van der Waals surface area contributed by atoms with Gasteiger partial charge in [0.2, 0.25) is 0 Å². The van der Waals surface area contributed by atoms with Crippen LogP contribution in [0.1, 0.15) is 6.92 Å². The lowest BCUT2D eigenvalue weighted by atomic mass is 10.5. The van der Waals surface area contributed by atoms with Crippen molar-refractivity contribution < 1.29 is 4.84 Å². The number of nitrogens with zero attached hydrogens (tertiary/aromatic N) is 1. The summed E-state index contributed by atoms with van der Waals surface area (Å²) in [6.45, 7) is 1.86. The minimum atomic E-state index is 0.661. The molecule has 7 heavy (non-hydrogen) atoms. The first kappa shape index (κ1) is 6.82. The maximum atomic E-state index is 4.43. The standard InChI is InChI=1S/C4H9NOS/c1-4(3-7)5-6-2/h7H,3H2,1-2H3/b5-4+. The second kappa shape index (κ2) is 3.99. The summed E-state index contributed by atoms with van der Waals surface area (Å²) in [5, 5.41) is 3.58. The van der Waals surface area contributed by atoms with Gasteiger partial charge in [0.15, 0.2) is 0 Å². The lowest BCUT2D eigenvalue weighted by Crippen LogP contribution is -1.91. The molecular formula is C4H9NOS. The Hall–Kier alpha value is -0.180. The van der Waals surface area contributed by atoms with Gasteiger partial charge in [-0.3, -0.25) is 0 Å². The Morgan fingerprint density at radius 2 is 2.43 bits per heavy atom. The van der Waals surface area contributed by atoms with E-state index in [0.717, 1.165) is 5.71 Å². The summed E-state index contributed by atoms with van der Waals surface area (Å²) in [4.78, 5) is 4.43. The number of hydrogen-bond donors (Lipinski definition) is 1. The molecule has 0 amide bonds. The van der Waals surface area contributed by atoms with Crippen LogP contribution in [0.5, 0.6) is 0 Å². The largest absolute Gasteiger partial charge is 0.399 e. The van der Waals surface area contributed by atoms with Crippen molar-refractivity contribution in [2.45, 2.75) is 6.92 Å². The van der Waals surface area contributed by atoms with Gasteiger partial charge in [-0.05, 0) is 6.92 Å². The van der Waals surface area contributed by atoms with E-state index in [0.29, 0.717) is 5.75 Å². The molecule has 0 unspecified atom stereocenters. The summed E-state index contributed by atoms with van der Waals surface area (Å²) in [6, 6.07) is 0. The van der Waals surface area contributed by atoms with Crippen LogP contribution in [0.3, 0.4) is 0 Å². The molecule has 0 heterocycles. The van der Waals surface area contributed by atoms with Crippen LogP contribution in [0.15, 0.2) is 5.16 Å². The van der Waals surface area contributed by atoms with Crippen LogP contribution in [-0.4, -0.2) is 18.6 Å². The van der Waals surface area contributed by atoms with Gasteiger partial charge in [0, 0.05) is 5.75 Å². The first-order valence-corrected chi connectivity index (χ1v) is 2.62. The molecular weight excluding hydrogens is 110 g/mol. The zero-order chi connectivity index (χ0) is 5.70. The van der Waals surface area contributed by atoms with Gasteiger partial charge in [0.1, 0.15) is 7.11 Å². The molecule has 0 saturated carbocycles. The molecule has 0 aliphatic carbocycles. The zero-order valence-corrected chi connectivity index (χ0v) is 5.40. The van der Waals surface area contributed by atoms with E-state index in [1.54, 1.807) is 0 Å². The maximum Gasteiger partial charge on any atom is 0.106 e. The van der Waals surface area contributed by atoms with Gasteiger partial charge < -0.3 is 4.84 Å². The van der Waals surface area contributed by atoms with Crippen LogP contribution in [0, 0.1) is 0 Å². The van der Waals surface area contributed by atoms with Gasteiger partial charge in [-0.25, -0.2) is 0 Å². The molecule has 0 aliphatic rings. The highest BCUT2D eigenvalue weighted by Crippen LogP contribution is 1.80. The highest BCUT2D eigenvalue weighted by atomic mass is 32.1. The van der Waals surface area contributed by atoms with E-state index in [1.165, 1.54) is 7.11 Å². The van der Waals surface area contributed by atoms with Gasteiger partial charge in [0.25, 0.3) is 0 Å². The average molecular weight is 119 g/mol. The topological polar surface area (TPSA) is 21.6 Å². The van der Waals surface area contributed by atoms with Crippen LogP contribution < -0.4 is 0 Å². The van der Waals surface area contributed by atoms with Crippen LogP contribution in [0.25, 0.3) is 0 Å². The van der Waals surface area contributed by atoms with Crippen molar-refractivity contribution in [1.29, 1.82) is 0 Å². The number of rotatable bonds is 2. The fourth-order valence-electron chi connectivity index (χ4n) is 0.185. The van der Waals surface area contributed by atoms with Crippen molar-refractivity contribution in [2.24, 2.45) is 5.16 Å². The molecule has 0 aliphatic heterocycles. The summed E-state index contributed by atoms with van der Waals surface area (Å²) in [6.07, 6.45) is 0. The second-order valence-electron chi connectivity index (χ2n) is 1.17. The maximum absolute atomic E-state index is 4.43. The van der Waals surface area contributed by atoms with E-state index >= 15 is 0 Å². The van der Waals surface area contributed by atoms with Crippen molar-refractivity contribution in [2.75, 3.05) is 12.9 Å². The van der Waals surface area contributed by atoms with Gasteiger partial charge in [0.05, 0.1) is 5.71 Å². The third-order valence-electron chi connectivity index (χ3n) is 0.476. The van der Waals surface area contributed by atoms with Crippen LogP contribution in [0.4, 0.5) is 0 Å². The molecule has 0 aromatic rings. The van der Waals surface area contributed by atoms with Crippen LogP contribution >= 0.6 is 12.6 Å². The Labute approximate surface area is 49.0 Å². The van der Waals surface area contributed by atoms with Gasteiger partial charge >= 0.3 is 0 Å². The zero-order valence-electron chi connectivity index (χ0n) is 4.51. The molecule has 0 saturated heterocycles. The Balaban J connectivity index is 3.29. The summed E-state index contributed by atoms with van der Waals surface area (Å²) in [7, 11) is 1.52. The minimum Gasteiger partial charge on any atom is -0.399 e. The normalized spacial score (nSPS) is 11.6. The van der Waals surface area contributed by atoms with Crippen LogP contribution in [-0.2, 0) is 4.84 Å². The molecule has 0 rings (SSSR count).